The van der Waals surface area contributed by atoms with E-state index in [0.717, 1.165) is 11.3 Å². The second-order valence-corrected chi connectivity index (χ2v) is 5.65. The van der Waals surface area contributed by atoms with Gasteiger partial charge in [0.25, 0.3) is 0 Å². The Labute approximate surface area is 131 Å². The van der Waals surface area contributed by atoms with Gasteiger partial charge < -0.3 is 5.73 Å². The Morgan fingerprint density at radius 2 is 1.95 bits per heavy atom. The van der Waals surface area contributed by atoms with Crippen molar-refractivity contribution in [1.29, 1.82) is 5.26 Å². The van der Waals surface area contributed by atoms with E-state index in [9.17, 15) is 10.1 Å². The monoisotopic (exact) mass is 305 g/mol. The lowest BCUT2D eigenvalue weighted by atomic mass is 9.99. The van der Waals surface area contributed by atoms with Crippen LogP contribution in [0.15, 0.2) is 54.9 Å². The van der Waals surface area contributed by atoms with Crippen molar-refractivity contribution in [2.45, 2.75) is 0 Å². The molecule has 0 fully saturated rings. The lowest BCUT2D eigenvalue weighted by Crippen LogP contribution is -2.00. The van der Waals surface area contributed by atoms with Gasteiger partial charge in [0, 0.05) is 29.1 Å². The molecule has 106 valence electrons. The molecule has 3 rings (SSSR count). The van der Waals surface area contributed by atoms with E-state index < -0.39 is 0 Å². The summed E-state index contributed by atoms with van der Waals surface area (Å²) < 4.78 is 0. The average Bonchev–Trinajstić information content (AvgIpc) is 2.92. The molecule has 2 aromatic heterocycles. The van der Waals surface area contributed by atoms with Crippen LogP contribution in [0.4, 0.5) is 5.00 Å². The minimum absolute atomic E-state index is 0.141. The summed E-state index contributed by atoms with van der Waals surface area (Å²) in [6.45, 7) is 0. The van der Waals surface area contributed by atoms with Gasteiger partial charge in [-0.25, -0.2) is 0 Å². The van der Waals surface area contributed by atoms with Crippen molar-refractivity contribution < 1.29 is 4.79 Å². The zero-order valence-electron chi connectivity index (χ0n) is 11.5. The molecule has 0 aliphatic carbocycles. The highest BCUT2D eigenvalue weighted by Gasteiger charge is 2.23. The van der Waals surface area contributed by atoms with Gasteiger partial charge in [0.15, 0.2) is 0 Å². The van der Waals surface area contributed by atoms with Crippen molar-refractivity contribution >= 4 is 22.1 Å². The Balaban J connectivity index is 2.22. The average molecular weight is 305 g/mol. The van der Waals surface area contributed by atoms with Crippen molar-refractivity contribution in [3.05, 3.63) is 70.9 Å². The molecule has 0 spiro atoms. The molecule has 22 heavy (non-hydrogen) atoms. The SMILES string of the molecule is N#Cc1c(N)sc(C(=O)c2ccccc2)c1-c1cccnc1. The van der Waals surface area contributed by atoms with Crippen molar-refractivity contribution in [2.75, 3.05) is 5.73 Å². The van der Waals surface area contributed by atoms with Crippen molar-refractivity contribution in [3.8, 4) is 17.2 Å². The van der Waals surface area contributed by atoms with Gasteiger partial charge in [-0.2, -0.15) is 5.26 Å². The molecule has 0 bridgehead atoms. The molecule has 1 aromatic carbocycles. The van der Waals surface area contributed by atoms with Crippen LogP contribution in [0.5, 0.6) is 0 Å². The number of aromatic nitrogens is 1. The van der Waals surface area contributed by atoms with Gasteiger partial charge in [0.1, 0.15) is 11.1 Å². The first-order valence-corrected chi connectivity index (χ1v) is 7.36. The summed E-state index contributed by atoms with van der Waals surface area (Å²) in [4.78, 5) is 17.3. The molecule has 0 aliphatic rings. The van der Waals surface area contributed by atoms with Crippen molar-refractivity contribution in [2.24, 2.45) is 0 Å². The number of nitrogen functional groups attached to an aromatic ring is 1. The van der Waals surface area contributed by atoms with Crippen LogP contribution < -0.4 is 5.73 Å². The van der Waals surface area contributed by atoms with Crippen LogP contribution in [-0.2, 0) is 0 Å². The minimum atomic E-state index is -0.141. The fraction of sp³-hybridized carbons (Fsp3) is 0. The highest BCUT2D eigenvalue weighted by molar-refractivity contribution is 7.18. The number of ketones is 1. The molecule has 0 atom stereocenters. The Kier molecular flexibility index (Phi) is 3.69. The number of hydrogen-bond acceptors (Lipinski definition) is 5. The highest BCUT2D eigenvalue weighted by Crippen LogP contribution is 2.39. The van der Waals surface area contributed by atoms with E-state index >= 15 is 0 Å². The minimum Gasteiger partial charge on any atom is -0.389 e. The number of thiophene rings is 1. The van der Waals surface area contributed by atoms with E-state index in [4.69, 9.17) is 5.73 Å². The number of nitriles is 1. The number of nitrogens with two attached hydrogens (primary N) is 1. The van der Waals surface area contributed by atoms with Crippen LogP contribution in [0, 0.1) is 11.3 Å². The molecule has 0 aliphatic heterocycles. The molecule has 0 radical (unpaired) electrons. The molecule has 4 nitrogen and oxygen atoms in total. The summed E-state index contributed by atoms with van der Waals surface area (Å²) >= 11 is 1.14. The third-order valence-electron chi connectivity index (χ3n) is 3.24. The summed E-state index contributed by atoms with van der Waals surface area (Å²) in [5, 5.41) is 9.72. The lowest BCUT2D eigenvalue weighted by molar-refractivity contribution is 0.104. The first-order chi connectivity index (χ1) is 10.7. The maximum atomic E-state index is 12.7. The van der Waals surface area contributed by atoms with E-state index in [2.05, 4.69) is 11.1 Å². The van der Waals surface area contributed by atoms with Gasteiger partial charge >= 0.3 is 0 Å². The van der Waals surface area contributed by atoms with Gasteiger partial charge in [-0.15, -0.1) is 11.3 Å². The number of benzene rings is 1. The van der Waals surface area contributed by atoms with Crippen LogP contribution >= 0.6 is 11.3 Å². The third kappa shape index (κ3) is 2.36. The van der Waals surface area contributed by atoms with Crippen LogP contribution in [0.2, 0.25) is 0 Å². The zero-order valence-corrected chi connectivity index (χ0v) is 12.3. The number of rotatable bonds is 3. The topological polar surface area (TPSA) is 79.8 Å². The van der Waals surface area contributed by atoms with Crippen molar-refractivity contribution in [1.82, 2.24) is 4.98 Å². The molecule has 3 aromatic rings. The van der Waals surface area contributed by atoms with E-state index in [1.54, 1.807) is 42.7 Å². The number of pyridine rings is 1. The van der Waals surface area contributed by atoms with Crippen molar-refractivity contribution in [3.63, 3.8) is 0 Å². The Morgan fingerprint density at radius 1 is 1.18 bits per heavy atom. The molecule has 0 saturated carbocycles. The highest BCUT2D eigenvalue weighted by atomic mass is 32.1. The van der Waals surface area contributed by atoms with Gasteiger partial charge in [-0.3, -0.25) is 9.78 Å². The number of anilines is 1. The van der Waals surface area contributed by atoms with Crippen LogP contribution in [-0.4, -0.2) is 10.8 Å². The number of carbonyl (C=O) groups is 1. The summed E-state index contributed by atoms with van der Waals surface area (Å²) in [6.07, 6.45) is 3.27. The largest absolute Gasteiger partial charge is 0.389 e. The molecular weight excluding hydrogens is 294 g/mol. The van der Waals surface area contributed by atoms with Gasteiger partial charge in [-0.05, 0) is 6.07 Å². The van der Waals surface area contributed by atoms with Gasteiger partial charge in [-0.1, -0.05) is 36.4 Å². The number of carbonyl (C=O) groups excluding carboxylic acids is 1. The Morgan fingerprint density at radius 3 is 2.59 bits per heavy atom. The molecule has 0 unspecified atom stereocenters. The predicted molar refractivity (Wildman–Crippen MR) is 86.6 cm³/mol. The molecule has 0 saturated heterocycles. The summed E-state index contributed by atoms with van der Waals surface area (Å²) in [7, 11) is 0. The zero-order chi connectivity index (χ0) is 15.5. The lowest BCUT2D eigenvalue weighted by Gasteiger charge is -2.04. The summed E-state index contributed by atoms with van der Waals surface area (Å²) in [5.74, 6) is -0.141. The van der Waals surface area contributed by atoms with E-state index in [1.807, 2.05) is 12.1 Å². The number of nitrogens with zero attached hydrogens (tertiary/aromatic N) is 2. The second-order valence-electron chi connectivity index (χ2n) is 4.59. The maximum Gasteiger partial charge on any atom is 0.203 e. The van der Waals surface area contributed by atoms with E-state index in [-0.39, 0.29) is 5.78 Å². The quantitative estimate of drug-likeness (QED) is 0.751. The van der Waals surface area contributed by atoms with Crippen LogP contribution in [0.3, 0.4) is 0 Å². The fourth-order valence-corrected chi connectivity index (χ4v) is 3.23. The third-order valence-corrected chi connectivity index (χ3v) is 4.26. The normalized spacial score (nSPS) is 10.1. The van der Waals surface area contributed by atoms with Gasteiger partial charge in [0.2, 0.25) is 5.78 Å². The first-order valence-electron chi connectivity index (χ1n) is 6.55. The van der Waals surface area contributed by atoms with Gasteiger partial charge in [0.05, 0.1) is 10.4 Å². The van der Waals surface area contributed by atoms with E-state index in [1.165, 1.54) is 0 Å². The molecule has 0 amide bonds. The fourth-order valence-electron chi connectivity index (χ4n) is 2.23. The summed E-state index contributed by atoms with van der Waals surface area (Å²) in [5.41, 5.74) is 8.10. The van der Waals surface area contributed by atoms with Crippen LogP contribution in [0.25, 0.3) is 11.1 Å². The van der Waals surface area contributed by atoms with E-state index in [0.29, 0.717) is 32.1 Å². The smallest absolute Gasteiger partial charge is 0.203 e. The predicted octanol–water partition coefficient (Wildman–Crippen LogP) is 3.49. The molecule has 2 N–H and O–H groups in total. The Hall–Kier alpha value is -2.97. The summed E-state index contributed by atoms with van der Waals surface area (Å²) in [6, 6.07) is 14.6. The molecule has 5 heteroatoms. The Bertz CT molecular complexity index is 864. The maximum absolute atomic E-state index is 12.7. The first kappa shape index (κ1) is 14.0. The van der Waals surface area contributed by atoms with Crippen LogP contribution in [0.1, 0.15) is 20.8 Å². The standard InChI is InChI=1S/C17H11N3OS/c18-9-13-14(12-7-4-8-20-10-12)16(22-17(13)19)15(21)11-5-2-1-3-6-11/h1-8,10H,19H2. The number of hydrogen-bond donors (Lipinski definition) is 1. The second kappa shape index (κ2) is 5.80. The molecule has 2 heterocycles. The molecular formula is C17H11N3OS.